The highest BCUT2D eigenvalue weighted by Crippen LogP contribution is 2.37. The number of H-pyrrole nitrogens is 1. The minimum absolute atomic E-state index is 0.0245. The monoisotopic (exact) mass is 522 g/mol. The Hall–Kier alpha value is -4.06. The van der Waals surface area contributed by atoms with Crippen LogP contribution in [0, 0.1) is 11.6 Å². The van der Waals surface area contributed by atoms with Crippen LogP contribution in [0.1, 0.15) is 22.6 Å². The second kappa shape index (κ2) is 9.90. The van der Waals surface area contributed by atoms with Crippen molar-refractivity contribution in [3.05, 3.63) is 106 Å². The van der Waals surface area contributed by atoms with E-state index in [2.05, 4.69) is 30.8 Å². The molecule has 0 aliphatic carbocycles. The number of nitrogens with one attached hydrogen (secondary N) is 3. The molecule has 1 atom stereocenters. The molecule has 4 rings (SSSR count). The van der Waals surface area contributed by atoms with Crippen LogP contribution in [0.15, 0.2) is 67.1 Å². The van der Waals surface area contributed by atoms with E-state index in [0.717, 1.165) is 18.5 Å². The summed E-state index contributed by atoms with van der Waals surface area (Å²) in [6, 6.07) is 8.72. The highest BCUT2D eigenvalue weighted by atomic mass is 35.5. The van der Waals surface area contributed by atoms with E-state index in [1.807, 2.05) is 0 Å². The third-order valence-electron chi connectivity index (χ3n) is 5.19. The zero-order chi connectivity index (χ0) is 25.9. The number of alkyl halides is 3. The molecule has 2 amide bonds. The van der Waals surface area contributed by atoms with Gasteiger partial charge in [-0.15, -0.1) is 0 Å². The summed E-state index contributed by atoms with van der Waals surface area (Å²) in [7, 11) is 0. The van der Waals surface area contributed by atoms with Crippen molar-refractivity contribution >= 4 is 23.3 Å². The summed E-state index contributed by atoms with van der Waals surface area (Å²) in [5.74, 6) is -1.67. The van der Waals surface area contributed by atoms with Crippen LogP contribution in [0.3, 0.4) is 0 Å². The van der Waals surface area contributed by atoms with E-state index in [1.165, 1.54) is 36.5 Å². The Balaban J connectivity index is 1.89. The van der Waals surface area contributed by atoms with Gasteiger partial charge >= 0.3 is 12.2 Å². The lowest BCUT2D eigenvalue weighted by Crippen LogP contribution is -2.51. The van der Waals surface area contributed by atoms with Crippen molar-refractivity contribution in [2.24, 2.45) is 0 Å². The number of urea groups is 1. The summed E-state index contributed by atoms with van der Waals surface area (Å²) in [6.45, 7) is 0. The average Bonchev–Trinajstić information content (AvgIpc) is 3.31. The fourth-order valence-corrected chi connectivity index (χ4v) is 3.75. The molecule has 186 valence electrons. The van der Waals surface area contributed by atoms with Crippen LogP contribution in [0.5, 0.6) is 0 Å². The largest absolute Gasteiger partial charge is 0.416 e. The van der Waals surface area contributed by atoms with Crippen LogP contribution >= 0.6 is 11.6 Å². The molecule has 0 fully saturated rings. The summed E-state index contributed by atoms with van der Waals surface area (Å²) >= 11 is 5.95. The van der Waals surface area contributed by atoms with Gasteiger partial charge in [-0.1, -0.05) is 17.7 Å². The molecule has 0 spiro atoms. The maximum absolute atomic E-state index is 14.5. The number of hydrogen-bond acceptors (Lipinski definition) is 4. The minimum Gasteiger partial charge on any atom is -0.322 e. The van der Waals surface area contributed by atoms with Gasteiger partial charge in [-0.3, -0.25) is 10.1 Å². The molecule has 36 heavy (non-hydrogen) atoms. The molecule has 0 radical (unpaired) electrons. The predicted octanol–water partition coefficient (Wildman–Crippen LogP) is 5.46. The lowest BCUT2D eigenvalue weighted by atomic mass is 9.81. The standard InChI is InChI=1S/C23H16ClF5N6O/c24-15-4-5-19(30-11-15)22(10-20-31-12-32-35-20,13-6-14(23(27,28)29)8-17(26)7-13)34-21(36)33-18-3-1-2-16(25)9-18/h1-9,11-12H,10H2,(H,31,32,35)(H2,33,34,36). The molecule has 1 unspecified atom stereocenters. The van der Waals surface area contributed by atoms with Crippen LogP contribution in [-0.4, -0.2) is 26.2 Å². The lowest BCUT2D eigenvalue weighted by molar-refractivity contribution is -0.137. The van der Waals surface area contributed by atoms with Crippen molar-refractivity contribution in [2.75, 3.05) is 5.32 Å². The Morgan fingerprint density at radius 2 is 1.75 bits per heavy atom. The number of hydrogen-bond donors (Lipinski definition) is 3. The first-order valence-electron chi connectivity index (χ1n) is 10.2. The number of halogens is 6. The third kappa shape index (κ3) is 5.60. The van der Waals surface area contributed by atoms with Crippen molar-refractivity contribution in [3.8, 4) is 0 Å². The van der Waals surface area contributed by atoms with Crippen LogP contribution in [-0.2, 0) is 18.1 Å². The van der Waals surface area contributed by atoms with Gasteiger partial charge < -0.3 is 10.6 Å². The van der Waals surface area contributed by atoms with Crippen molar-refractivity contribution < 1.29 is 26.7 Å². The first-order valence-corrected chi connectivity index (χ1v) is 10.6. The Kier molecular flexibility index (Phi) is 6.88. The Bertz CT molecular complexity index is 1360. The average molecular weight is 523 g/mol. The number of aromatic nitrogens is 4. The number of anilines is 1. The number of aromatic amines is 1. The van der Waals surface area contributed by atoms with Gasteiger partial charge in [0, 0.05) is 18.3 Å². The summed E-state index contributed by atoms with van der Waals surface area (Å²) in [6.07, 6.45) is -2.80. The summed E-state index contributed by atoms with van der Waals surface area (Å²) in [5, 5.41) is 11.5. The normalized spacial score (nSPS) is 13.2. The molecule has 0 aliphatic rings. The molecule has 7 nitrogen and oxygen atoms in total. The van der Waals surface area contributed by atoms with Gasteiger partial charge in [-0.05, 0) is 54.1 Å². The maximum atomic E-state index is 14.5. The molecule has 4 aromatic rings. The van der Waals surface area contributed by atoms with Gasteiger partial charge in [-0.25, -0.2) is 18.6 Å². The summed E-state index contributed by atoms with van der Waals surface area (Å²) in [4.78, 5) is 21.3. The fourth-order valence-electron chi connectivity index (χ4n) is 3.64. The molecule has 0 aliphatic heterocycles. The van der Waals surface area contributed by atoms with Crippen LogP contribution in [0.25, 0.3) is 0 Å². The number of nitrogens with zero attached hydrogens (tertiary/aromatic N) is 3. The second-order valence-electron chi connectivity index (χ2n) is 7.69. The van der Waals surface area contributed by atoms with Crippen LogP contribution < -0.4 is 10.6 Å². The third-order valence-corrected chi connectivity index (χ3v) is 5.41. The minimum atomic E-state index is -4.88. The first kappa shape index (κ1) is 25.0. The van der Waals surface area contributed by atoms with Gasteiger partial charge in [0.15, 0.2) is 0 Å². The van der Waals surface area contributed by atoms with Gasteiger partial charge in [0.05, 0.1) is 16.3 Å². The fraction of sp³-hybridized carbons (Fsp3) is 0.130. The molecular formula is C23H16ClF5N6O. The van der Waals surface area contributed by atoms with E-state index in [0.29, 0.717) is 12.1 Å². The number of carbonyl (C=O) groups excluding carboxylic acids is 1. The van der Waals surface area contributed by atoms with Crippen molar-refractivity contribution in [1.82, 2.24) is 25.5 Å². The zero-order valence-electron chi connectivity index (χ0n) is 18.1. The van der Waals surface area contributed by atoms with E-state index in [-0.39, 0.29) is 34.2 Å². The van der Waals surface area contributed by atoms with E-state index in [4.69, 9.17) is 11.6 Å². The number of carbonyl (C=O) groups is 1. The van der Waals surface area contributed by atoms with E-state index >= 15 is 0 Å². The molecule has 0 saturated carbocycles. The highest BCUT2D eigenvalue weighted by Gasteiger charge is 2.41. The summed E-state index contributed by atoms with van der Waals surface area (Å²) < 4.78 is 68.9. The number of amides is 2. The second-order valence-corrected chi connectivity index (χ2v) is 8.13. The summed E-state index contributed by atoms with van der Waals surface area (Å²) in [5.41, 5.74) is -3.36. The van der Waals surface area contributed by atoms with E-state index in [9.17, 15) is 26.7 Å². The van der Waals surface area contributed by atoms with Crippen LogP contribution in [0.2, 0.25) is 5.02 Å². The molecule has 2 heterocycles. The SMILES string of the molecule is O=C(Nc1cccc(F)c1)NC(Cc1ncn[nH]1)(c1cc(F)cc(C(F)(F)F)c1)c1ccc(Cl)cn1. The zero-order valence-corrected chi connectivity index (χ0v) is 18.8. The van der Waals surface area contributed by atoms with Crippen molar-refractivity contribution in [1.29, 1.82) is 0 Å². The molecule has 0 saturated heterocycles. The van der Waals surface area contributed by atoms with Crippen LogP contribution in [0.4, 0.5) is 32.4 Å². The Morgan fingerprint density at radius 3 is 2.39 bits per heavy atom. The molecule has 2 aromatic carbocycles. The van der Waals surface area contributed by atoms with Gasteiger partial charge in [-0.2, -0.15) is 18.3 Å². The smallest absolute Gasteiger partial charge is 0.322 e. The lowest BCUT2D eigenvalue weighted by Gasteiger charge is -2.35. The van der Waals surface area contributed by atoms with Crippen molar-refractivity contribution in [3.63, 3.8) is 0 Å². The number of benzene rings is 2. The molecule has 3 N–H and O–H groups in total. The number of rotatable bonds is 6. The Labute approximate surface area is 205 Å². The molecular weight excluding hydrogens is 507 g/mol. The van der Waals surface area contributed by atoms with Gasteiger partial charge in [0.2, 0.25) is 0 Å². The first-order chi connectivity index (χ1) is 17.0. The van der Waals surface area contributed by atoms with E-state index < -0.39 is 34.9 Å². The molecule has 0 bridgehead atoms. The Morgan fingerprint density at radius 1 is 0.972 bits per heavy atom. The maximum Gasteiger partial charge on any atom is 0.416 e. The molecule has 13 heteroatoms. The van der Waals surface area contributed by atoms with Crippen molar-refractivity contribution in [2.45, 2.75) is 18.1 Å². The predicted molar refractivity (Wildman–Crippen MR) is 120 cm³/mol. The topological polar surface area (TPSA) is 95.6 Å². The quantitative estimate of drug-likeness (QED) is 0.293. The molecule has 2 aromatic heterocycles. The van der Waals surface area contributed by atoms with E-state index in [1.54, 1.807) is 0 Å². The van der Waals surface area contributed by atoms with Gasteiger partial charge in [0.25, 0.3) is 0 Å². The number of pyridine rings is 1. The van der Waals surface area contributed by atoms with Gasteiger partial charge in [0.1, 0.15) is 29.3 Å². The highest BCUT2D eigenvalue weighted by molar-refractivity contribution is 6.30.